The van der Waals surface area contributed by atoms with Crippen LogP contribution in [-0.2, 0) is 0 Å². The molecule has 26 heavy (non-hydrogen) atoms. The van der Waals surface area contributed by atoms with Crippen LogP contribution in [0.1, 0.15) is 24.9 Å². The van der Waals surface area contributed by atoms with Gasteiger partial charge in [0, 0.05) is 22.5 Å². The molecule has 2 bridgehead atoms. The molecule has 0 aromatic heterocycles. The summed E-state index contributed by atoms with van der Waals surface area (Å²) in [5, 5.41) is 3.09. The average molecular weight is 419 g/mol. The number of urea groups is 1. The Bertz CT molecular complexity index is 888. The summed E-state index contributed by atoms with van der Waals surface area (Å²) in [5.41, 5.74) is 0.867. The van der Waals surface area contributed by atoms with Crippen LogP contribution in [0, 0.1) is 0 Å². The third-order valence-electron chi connectivity index (χ3n) is 4.86. The zero-order chi connectivity index (χ0) is 18.5. The van der Waals surface area contributed by atoms with Gasteiger partial charge in [0.2, 0.25) is 0 Å². The summed E-state index contributed by atoms with van der Waals surface area (Å²) in [6.45, 7) is 1.93. The number of nitrogens with one attached hydrogen (secondary N) is 1. The van der Waals surface area contributed by atoms with Gasteiger partial charge in [-0.25, -0.2) is 4.79 Å². The number of nitrogens with zero attached hydrogens (tertiary/aromatic N) is 1. The van der Waals surface area contributed by atoms with Crippen LogP contribution in [0.15, 0.2) is 40.9 Å². The average Bonchev–Trinajstić information content (AvgIpc) is 2.61. The predicted octanol–water partition coefficient (Wildman–Crippen LogP) is 4.24. The first-order chi connectivity index (χ1) is 12.4. The Labute approximate surface area is 160 Å². The van der Waals surface area contributed by atoms with Crippen molar-refractivity contribution in [2.75, 3.05) is 19.1 Å². The fourth-order valence-electron chi connectivity index (χ4n) is 3.70. The van der Waals surface area contributed by atoms with Crippen LogP contribution in [-0.4, -0.2) is 26.0 Å². The molecule has 1 fully saturated rings. The SMILES string of the molecule is COc1ccc(N2C(=O)N[C@@H]3C[C@]2(C)Oc2ccc(Br)cc23)cc1OC. The maximum absolute atomic E-state index is 12.9. The van der Waals surface area contributed by atoms with E-state index in [1.54, 1.807) is 31.3 Å². The number of halogens is 1. The van der Waals surface area contributed by atoms with E-state index in [1.807, 2.05) is 31.2 Å². The second-order valence-corrected chi connectivity index (χ2v) is 7.46. The molecule has 2 amide bonds. The summed E-state index contributed by atoms with van der Waals surface area (Å²) in [4.78, 5) is 14.5. The topological polar surface area (TPSA) is 60.0 Å². The highest BCUT2D eigenvalue weighted by Gasteiger charge is 2.50. The van der Waals surface area contributed by atoms with E-state index in [2.05, 4.69) is 21.2 Å². The van der Waals surface area contributed by atoms with Gasteiger partial charge < -0.3 is 19.5 Å². The number of carbonyl (C=O) groups is 1. The van der Waals surface area contributed by atoms with Crippen LogP contribution in [0.4, 0.5) is 10.5 Å². The van der Waals surface area contributed by atoms with Crippen LogP contribution in [0.2, 0.25) is 0 Å². The van der Waals surface area contributed by atoms with Crippen molar-refractivity contribution in [2.24, 2.45) is 0 Å². The van der Waals surface area contributed by atoms with Gasteiger partial charge in [-0.15, -0.1) is 0 Å². The minimum absolute atomic E-state index is 0.0925. The number of methoxy groups -OCH3 is 2. The molecule has 4 rings (SSSR count). The second kappa shape index (κ2) is 6.09. The molecule has 0 radical (unpaired) electrons. The Balaban J connectivity index is 1.77. The first-order valence-electron chi connectivity index (χ1n) is 8.26. The van der Waals surface area contributed by atoms with E-state index in [0.29, 0.717) is 23.6 Å². The lowest BCUT2D eigenvalue weighted by atomic mass is 9.90. The van der Waals surface area contributed by atoms with E-state index in [0.717, 1.165) is 15.8 Å². The molecule has 7 heteroatoms. The fraction of sp³-hybridized carbons (Fsp3) is 0.316. The molecule has 2 aliphatic rings. The number of hydrogen-bond acceptors (Lipinski definition) is 4. The Kier molecular flexibility index (Phi) is 3.99. The molecule has 2 aromatic rings. The lowest BCUT2D eigenvalue weighted by Crippen LogP contribution is -2.65. The van der Waals surface area contributed by atoms with Crippen molar-refractivity contribution in [2.45, 2.75) is 25.1 Å². The molecule has 2 aliphatic heterocycles. The summed E-state index contributed by atoms with van der Waals surface area (Å²) in [5.74, 6) is 1.94. The maximum Gasteiger partial charge on any atom is 0.325 e. The van der Waals surface area contributed by atoms with Crippen LogP contribution in [0.5, 0.6) is 17.2 Å². The van der Waals surface area contributed by atoms with Crippen LogP contribution < -0.4 is 24.4 Å². The molecule has 2 atom stereocenters. The van der Waals surface area contributed by atoms with Crippen LogP contribution >= 0.6 is 15.9 Å². The Morgan fingerprint density at radius 3 is 2.69 bits per heavy atom. The smallest absolute Gasteiger partial charge is 0.325 e. The molecule has 0 saturated carbocycles. The summed E-state index contributed by atoms with van der Waals surface area (Å²) in [6, 6.07) is 10.9. The van der Waals surface area contributed by atoms with E-state index in [-0.39, 0.29) is 12.1 Å². The molecule has 1 N–H and O–H groups in total. The largest absolute Gasteiger partial charge is 0.493 e. The standard InChI is InChI=1S/C19H19BrN2O4/c1-19-10-14(13-8-11(20)4-6-15(13)26-19)21-18(23)22(19)12-5-7-16(24-2)17(9-12)25-3/h4-9,14H,10H2,1-3H3,(H,21,23)/t14-,19+/m1/s1. The monoisotopic (exact) mass is 418 g/mol. The van der Waals surface area contributed by atoms with Gasteiger partial charge in [0.25, 0.3) is 0 Å². The van der Waals surface area contributed by atoms with Crippen molar-refractivity contribution in [3.05, 3.63) is 46.4 Å². The van der Waals surface area contributed by atoms with Gasteiger partial charge in [-0.2, -0.15) is 0 Å². The number of benzene rings is 2. The highest BCUT2D eigenvalue weighted by molar-refractivity contribution is 9.10. The van der Waals surface area contributed by atoms with E-state index >= 15 is 0 Å². The number of fused-ring (bicyclic) bond motifs is 4. The summed E-state index contributed by atoms with van der Waals surface area (Å²) in [6.07, 6.45) is 0.635. The highest BCUT2D eigenvalue weighted by atomic mass is 79.9. The number of carbonyl (C=O) groups excluding carboxylic acids is 1. The highest BCUT2D eigenvalue weighted by Crippen LogP contribution is 2.47. The lowest BCUT2D eigenvalue weighted by molar-refractivity contribution is 0.0378. The molecule has 0 spiro atoms. The maximum atomic E-state index is 12.9. The van der Waals surface area contributed by atoms with E-state index in [9.17, 15) is 4.79 Å². The van der Waals surface area contributed by atoms with Crippen molar-refractivity contribution >= 4 is 27.6 Å². The van der Waals surface area contributed by atoms with Gasteiger partial charge in [0.05, 0.1) is 25.9 Å². The minimum atomic E-state index is -0.798. The zero-order valence-electron chi connectivity index (χ0n) is 14.7. The number of amides is 2. The van der Waals surface area contributed by atoms with Crippen molar-refractivity contribution in [3.8, 4) is 17.2 Å². The van der Waals surface area contributed by atoms with E-state index in [1.165, 1.54) is 0 Å². The third kappa shape index (κ3) is 2.58. The molecule has 0 unspecified atom stereocenters. The number of ether oxygens (including phenoxy) is 3. The molecule has 0 aliphatic carbocycles. The molecular formula is C19H19BrN2O4. The quantitative estimate of drug-likeness (QED) is 0.809. The van der Waals surface area contributed by atoms with Crippen molar-refractivity contribution in [1.82, 2.24) is 5.32 Å². The normalized spacial score (nSPS) is 23.6. The van der Waals surface area contributed by atoms with E-state index < -0.39 is 5.72 Å². The zero-order valence-corrected chi connectivity index (χ0v) is 16.3. The summed E-state index contributed by atoms with van der Waals surface area (Å²) in [7, 11) is 3.15. The Morgan fingerprint density at radius 2 is 1.96 bits per heavy atom. The van der Waals surface area contributed by atoms with Gasteiger partial charge in [-0.3, -0.25) is 4.90 Å². The minimum Gasteiger partial charge on any atom is -0.493 e. The molecular weight excluding hydrogens is 400 g/mol. The van der Waals surface area contributed by atoms with E-state index in [4.69, 9.17) is 14.2 Å². The number of rotatable bonds is 3. The second-order valence-electron chi connectivity index (χ2n) is 6.54. The van der Waals surface area contributed by atoms with Gasteiger partial charge in [-0.1, -0.05) is 15.9 Å². The summed E-state index contributed by atoms with van der Waals surface area (Å²) >= 11 is 3.48. The molecule has 2 aromatic carbocycles. The number of hydrogen-bond donors (Lipinski definition) is 1. The Hall–Kier alpha value is -2.41. The molecule has 136 valence electrons. The first-order valence-corrected chi connectivity index (χ1v) is 9.06. The van der Waals surface area contributed by atoms with Gasteiger partial charge in [-0.05, 0) is 37.3 Å². The fourth-order valence-corrected chi connectivity index (χ4v) is 4.08. The first kappa shape index (κ1) is 17.0. The Morgan fingerprint density at radius 1 is 1.19 bits per heavy atom. The third-order valence-corrected chi connectivity index (χ3v) is 5.35. The molecule has 1 saturated heterocycles. The molecule has 2 heterocycles. The van der Waals surface area contributed by atoms with Crippen LogP contribution in [0.25, 0.3) is 0 Å². The summed E-state index contributed by atoms with van der Waals surface area (Å²) < 4.78 is 17.9. The van der Waals surface area contributed by atoms with Crippen molar-refractivity contribution in [3.63, 3.8) is 0 Å². The number of anilines is 1. The van der Waals surface area contributed by atoms with Crippen molar-refractivity contribution in [1.29, 1.82) is 0 Å². The van der Waals surface area contributed by atoms with Crippen LogP contribution in [0.3, 0.4) is 0 Å². The molecule has 6 nitrogen and oxygen atoms in total. The van der Waals surface area contributed by atoms with Gasteiger partial charge >= 0.3 is 6.03 Å². The predicted molar refractivity (Wildman–Crippen MR) is 101 cm³/mol. The van der Waals surface area contributed by atoms with Gasteiger partial charge in [0.1, 0.15) is 5.75 Å². The lowest BCUT2D eigenvalue weighted by Gasteiger charge is -2.50. The van der Waals surface area contributed by atoms with Gasteiger partial charge in [0.15, 0.2) is 17.2 Å². The van der Waals surface area contributed by atoms with Crippen molar-refractivity contribution < 1.29 is 19.0 Å².